The molecule has 0 aromatic heterocycles. The summed E-state index contributed by atoms with van der Waals surface area (Å²) < 4.78 is 9.60. The topological polar surface area (TPSA) is 24.7 Å². The van der Waals surface area contributed by atoms with Gasteiger partial charge in [-0.1, -0.05) is 60.7 Å². The molecule has 4 heteroatoms. The van der Waals surface area contributed by atoms with Gasteiger partial charge in [0.25, 0.3) is 0 Å². The fourth-order valence-corrected chi connectivity index (χ4v) is 6.30. The van der Waals surface area contributed by atoms with E-state index in [4.69, 9.17) is 9.56 Å². The third kappa shape index (κ3) is 3.52. The molecule has 0 atom stereocenters. The maximum Gasteiger partial charge on any atom is 0.232 e. The van der Waals surface area contributed by atoms with Crippen LogP contribution < -0.4 is 10.4 Å². The normalized spacial score (nSPS) is 12.8. The average Bonchev–Trinajstić information content (AvgIpc) is 2.47. The zero-order valence-corrected chi connectivity index (χ0v) is 14.7. The van der Waals surface area contributed by atoms with Crippen molar-refractivity contribution in [3.8, 4) is 0 Å². The first-order valence-corrected chi connectivity index (χ1v) is 12.9. The Hall–Kier alpha value is -1.53. The first kappa shape index (κ1) is 14.9. The highest BCUT2D eigenvalue weighted by molar-refractivity contribution is 6.91. The van der Waals surface area contributed by atoms with Crippen molar-refractivity contribution in [2.45, 2.75) is 26.2 Å². The van der Waals surface area contributed by atoms with Crippen LogP contribution in [0, 0.1) is 0 Å². The number of rotatable bonds is 4. The van der Waals surface area contributed by atoms with Crippen LogP contribution in [0.1, 0.15) is 0 Å². The predicted molar refractivity (Wildman–Crippen MR) is 92.0 cm³/mol. The Labute approximate surface area is 123 Å². The molecule has 0 saturated heterocycles. The van der Waals surface area contributed by atoms with Crippen LogP contribution in [0.25, 0.3) is 0 Å². The van der Waals surface area contributed by atoms with Crippen LogP contribution in [-0.2, 0) is 0 Å². The zero-order chi connectivity index (χ0) is 14.6. The van der Waals surface area contributed by atoms with Gasteiger partial charge in [-0.15, -0.1) is 0 Å². The van der Waals surface area contributed by atoms with E-state index in [1.54, 1.807) is 0 Å². The lowest BCUT2D eigenvalue weighted by Crippen LogP contribution is -2.43. The first-order chi connectivity index (χ1) is 9.42. The Morgan fingerprint density at radius 1 is 0.550 bits per heavy atom. The Bertz CT molecular complexity index is 524. The van der Waals surface area contributed by atoms with Gasteiger partial charge in [0, 0.05) is 0 Å². The van der Waals surface area contributed by atoms with Crippen molar-refractivity contribution in [3.63, 3.8) is 0 Å². The minimum absolute atomic E-state index is 1.33. The van der Waals surface area contributed by atoms with Crippen molar-refractivity contribution in [3.05, 3.63) is 60.7 Å². The molecule has 2 aromatic carbocycles. The van der Waals surface area contributed by atoms with Gasteiger partial charge in [-0.25, -0.2) is 9.56 Å². The third-order valence-corrected chi connectivity index (χ3v) is 8.40. The molecule has 0 bridgehead atoms. The Kier molecular flexibility index (Phi) is 4.35. The molecule has 0 aliphatic heterocycles. The third-order valence-electron chi connectivity index (χ3n) is 3.51. The summed E-state index contributed by atoms with van der Waals surface area (Å²) in [5.74, 6) is 0. The Morgan fingerprint density at radius 3 is 1.15 bits per heavy atom. The Balaban J connectivity index is 2.24. The smallest absolute Gasteiger partial charge is 0.232 e. The van der Waals surface area contributed by atoms with Crippen molar-refractivity contribution < 1.29 is 0 Å². The van der Waals surface area contributed by atoms with E-state index in [0.29, 0.717) is 0 Å². The minimum atomic E-state index is -1.83. The highest BCUT2D eigenvalue weighted by atomic mass is 28.3. The standard InChI is InChI=1S/C16H22N2Si2/c1-19(2,15-11-7-5-8-12-15)17-18-20(3,4)16-13-9-6-10-14-16/h5-14H,1-4H3/b18-17+. The highest BCUT2D eigenvalue weighted by Crippen LogP contribution is 2.11. The maximum absolute atomic E-state index is 4.80. The van der Waals surface area contributed by atoms with Gasteiger partial charge in [-0.2, -0.15) is 0 Å². The largest absolute Gasteiger partial charge is 0.243 e. The number of nitrogens with zero attached hydrogens (tertiary/aromatic N) is 2. The van der Waals surface area contributed by atoms with Crippen LogP contribution in [0.15, 0.2) is 70.2 Å². The fraction of sp³-hybridized carbons (Fsp3) is 0.250. The molecule has 0 aliphatic carbocycles. The van der Waals surface area contributed by atoms with Crippen LogP contribution in [0.3, 0.4) is 0 Å². The second-order valence-electron chi connectivity index (χ2n) is 6.05. The van der Waals surface area contributed by atoms with Crippen molar-refractivity contribution in [1.29, 1.82) is 0 Å². The molecule has 0 fully saturated rings. The second-order valence-corrected chi connectivity index (χ2v) is 13.8. The molecule has 0 unspecified atom stereocenters. The molecule has 0 spiro atoms. The summed E-state index contributed by atoms with van der Waals surface area (Å²) in [5, 5.41) is 2.67. The zero-order valence-electron chi connectivity index (χ0n) is 12.7. The van der Waals surface area contributed by atoms with E-state index >= 15 is 0 Å². The average molecular weight is 299 g/mol. The van der Waals surface area contributed by atoms with E-state index in [0.717, 1.165) is 0 Å². The second kappa shape index (κ2) is 5.85. The van der Waals surface area contributed by atoms with Gasteiger partial charge in [0.05, 0.1) is 0 Å². The lowest BCUT2D eigenvalue weighted by atomic mass is 10.4. The van der Waals surface area contributed by atoms with Gasteiger partial charge in [0.1, 0.15) is 0 Å². The number of benzene rings is 2. The summed E-state index contributed by atoms with van der Waals surface area (Å²) in [6.45, 7) is 9.01. The minimum Gasteiger partial charge on any atom is -0.243 e. The molecular formula is C16H22N2Si2. The summed E-state index contributed by atoms with van der Waals surface area (Å²) in [6, 6.07) is 21.1. The van der Waals surface area contributed by atoms with Gasteiger partial charge in [0.15, 0.2) is 0 Å². The van der Waals surface area contributed by atoms with Crippen LogP contribution in [0.5, 0.6) is 0 Å². The lowest BCUT2D eigenvalue weighted by molar-refractivity contribution is 1.31. The molecule has 0 saturated carbocycles. The molecule has 0 heterocycles. The molecule has 2 nitrogen and oxygen atoms in total. The molecule has 0 amide bonds. The van der Waals surface area contributed by atoms with E-state index in [1.165, 1.54) is 10.4 Å². The lowest BCUT2D eigenvalue weighted by Gasteiger charge is -2.21. The van der Waals surface area contributed by atoms with Crippen molar-refractivity contribution in [1.82, 2.24) is 0 Å². The number of hydrogen-bond donors (Lipinski definition) is 0. The molecule has 0 N–H and O–H groups in total. The molecule has 104 valence electrons. The van der Waals surface area contributed by atoms with Gasteiger partial charge in [0.2, 0.25) is 16.5 Å². The molecule has 2 rings (SSSR count). The summed E-state index contributed by atoms with van der Waals surface area (Å²) in [4.78, 5) is 0. The van der Waals surface area contributed by atoms with Gasteiger partial charge < -0.3 is 0 Å². The van der Waals surface area contributed by atoms with Gasteiger partial charge >= 0.3 is 0 Å². The highest BCUT2D eigenvalue weighted by Gasteiger charge is 2.28. The van der Waals surface area contributed by atoms with Crippen molar-refractivity contribution in [2.75, 3.05) is 0 Å². The summed E-state index contributed by atoms with van der Waals surface area (Å²) in [7, 11) is -3.66. The molecule has 2 aromatic rings. The number of hydrogen-bond acceptors (Lipinski definition) is 2. The van der Waals surface area contributed by atoms with Crippen LogP contribution in [-0.4, -0.2) is 16.5 Å². The van der Waals surface area contributed by atoms with E-state index in [1.807, 2.05) is 12.1 Å². The molecular weight excluding hydrogens is 276 g/mol. The summed E-state index contributed by atoms with van der Waals surface area (Å²) in [6.07, 6.45) is 0. The van der Waals surface area contributed by atoms with Crippen LogP contribution >= 0.6 is 0 Å². The van der Waals surface area contributed by atoms with Gasteiger partial charge in [-0.05, 0) is 36.6 Å². The molecule has 0 radical (unpaired) electrons. The Morgan fingerprint density at radius 2 is 0.850 bits per heavy atom. The fourth-order valence-electron chi connectivity index (χ4n) is 2.06. The van der Waals surface area contributed by atoms with E-state index in [9.17, 15) is 0 Å². The van der Waals surface area contributed by atoms with E-state index in [2.05, 4.69) is 74.7 Å². The van der Waals surface area contributed by atoms with Crippen LogP contribution in [0.2, 0.25) is 26.2 Å². The van der Waals surface area contributed by atoms with Crippen molar-refractivity contribution >= 4 is 26.8 Å². The maximum atomic E-state index is 4.80. The monoisotopic (exact) mass is 298 g/mol. The van der Waals surface area contributed by atoms with Gasteiger partial charge in [-0.3, -0.25) is 0 Å². The summed E-state index contributed by atoms with van der Waals surface area (Å²) in [5.41, 5.74) is 0. The quantitative estimate of drug-likeness (QED) is 0.608. The van der Waals surface area contributed by atoms with E-state index in [-0.39, 0.29) is 0 Å². The van der Waals surface area contributed by atoms with Crippen LogP contribution in [0.4, 0.5) is 0 Å². The SMILES string of the molecule is C[Si](C)(/N=N/[Si](C)(C)c1ccccc1)c1ccccc1. The predicted octanol–water partition coefficient (Wildman–Crippen LogP) is 3.66. The van der Waals surface area contributed by atoms with E-state index < -0.39 is 16.5 Å². The summed E-state index contributed by atoms with van der Waals surface area (Å²) >= 11 is 0. The molecule has 20 heavy (non-hydrogen) atoms. The first-order valence-electron chi connectivity index (χ1n) is 6.97. The van der Waals surface area contributed by atoms with Crippen molar-refractivity contribution in [2.24, 2.45) is 9.56 Å². The molecule has 0 aliphatic rings.